The lowest BCUT2D eigenvalue weighted by molar-refractivity contribution is -0.138. The predicted molar refractivity (Wildman–Crippen MR) is 499 cm³/mol. The molecule has 6 aliphatic rings. The van der Waals surface area contributed by atoms with Crippen molar-refractivity contribution in [2.75, 3.05) is 0 Å². The van der Waals surface area contributed by atoms with Crippen molar-refractivity contribution in [1.82, 2.24) is 59.8 Å². The molecule has 26 heteroatoms. The number of rotatable bonds is 23. The molecule has 126 heavy (non-hydrogen) atoms. The van der Waals surface area contributed by atoms with Gasteiger partial charge in [-0.15, -0.1) is 0 Å². The first-order valence-electron chi connectivity index (χ1n) is 41.8. The molecule has 26 nitrogen and oxygen atoms in total. The molecule has 0 aliphatic carbocycles. The average Bonchev–Trinajstić information content (AvgIpc) is 1.62. The molecule has 0 saturated heterocycles. The van der Waals surface area contributed by atoms with E-state index in [4.69, 9.17) is 29.9 Å². The summed E-state index contributed by atoms with van der Waals surface area (Å²) < 4.78 is 0. The molecule has 15 heterocycles. The quantitative estimate of drug-likeness (QED) is 0.0283. The van der Waals surface area contributed by atoms with E-state index in [0.717, 1.165) is 212 Å². The SMILES string of the molecule is C=CC1=C(C)c2cc3[nH]c(cc4nc(cc5[nH]c(cc1n2)c(C)c5CCC(=O)O)C(CCC(=O)O)=C4C)c(C)c3C=C.C=Cc1c2nc(cc3[nH]c(cc4nc(cc5[nH]c1cc5C)C(C)=C4CCC(=O)O)c(CCC(=O)O)c3C)C=C2C.CC1=C(CCC(=O)O)c2cc3[nH]c(cc4nc(cc5[nH]c(cc1n2)c(C)c5C(C)O)C(C)=C4C(C)O)c(C)c3CCC(=O)O. The van der Waals surface area contributed by atoms with Crippen LogP contribution in [0.25, 0.3) is 146 Å². The number of carbonyl (C=O) groups is 6. The summed E-state index contributed by atoms with van der Waals surface area (Å²) in [6.07, 6.45) is 7.54. The van der Waals surface area contributed by atoms with E-state index in [1.807, 2.05) is 168 Å². The third-order valence-corrected chi connectivity index (χ3v) is 24.5. The molecule has 2 unspecified atom stereocenters. The van der Waals surface area contributed by atoms with Gasteiger partial charge in [0.25, 0.3) is 0 Å². The minimum absolute atomic E-state index is 0.0128. The van der Waals surface area contributed by atoms with E-state index in [1.165, 1.54) is 0 Å². The van der Waals surface area contributed by atoms with Crippen LogP contribution in [-0.4, -0.2) is 143 Å². The Balaban J connectivity index is 0.000000162. The lowest BCUT2D eigenvalue weighted by Gasteiger charge is -2.07. The number of aliphatic hydroxyl groups is 2. The van der Waals surface area contributed by atoms with Gasteiger partial charge in [0.2, 0.25) is 0 Å². The van der Waals surface area contributed by atoms with Crippen LogP contribution in [0.5, 0.6) is 0 Å². The Morgan fingerprint density at radius 3 is 1.08 bits per heavy atom. The van der Waals surface area contributed by atoms with Crippen LogP contribution in [0.3, 0.4) is 0 Å². The third kappa shape index (κ3) is 18.4. The van der Waals surface area contributed by atoms with Gasteiger partial charge in [0.15, 0.2) is 0 Å². The fourth-order valence-corrected chi connectivity index (χ4v) is 17.5. The van der Waals surface area contributed by atoms with Gasteiger partial charge in [-0.25, -0.2) is 29.9 Å². The van der Waals surface area contributed by atoms with E-state index in [0.29, 0.717) is 76.5 Å². The highest BCUT2D eigenvalue weighted by Crippen LogP contribution is 2.43. The van der Waals surface area contributed by atoms with Crippen molar-refractivity contribution >= 4 is 182 Å². The van der Waals surface area contributed by atoms with E-state index in [1.54, 1.807) is 19.9 Å². The summed E-state index contributed by atoms with van der Waals surface area (Å²) in [5, 5.41) is 78.2. The van der Waals surface area contributed by atoms with E-state index in [9.17, 15) is 69.6 Å². The van der Waals surface area contributed by atoms with Crippen molar-refractivity contribution in [1.29, 1.82) is 0 Å². The van der Waals surface area contributed by atoms with Gasteiger partial charge in [-0.1, -0.05) is 38.0 Å². The fourth-order valence-electron chi connectivity index (χ4n) is 17.5. The highest BCUT2D eigenvalue weighted by Gasteiger charge is 2.28. The molecular weight excluding hydrogens is 1590 g/mol. The average molecular weight is 1700 g/mol. The van der Waals surface area contributed by atoms with Gasteiger partial charge >= 0.3 is 35.8 Å². The van der Waals surface area contributed by atoms with Crippen LogP contribution < -0.4 is 0 Å². The van der Waals surface area contributed by atoms with Crippen LogP contribution >= 0.6 is 0 Å². The van der Waals surface area contributed by atoms with E-state index >= 15 is 0 Å². The van der Waals surface area contributed by atoms with Gasteiger partial charge < -0.3 is 70.8 Å². The zero-order chi connectivity index (χ0) is 91.0. The second-order valence-corrected chi connectivity index (χ2v) is 32.8. The second kappa shape index (κ2) is 36.7. The molecule has 0 amide bonds. The van der Waals surface area contributed by atoms with E-state index in [2.05, 4.69) is 55.7 Å². The maximum Gasteiger partial charge on any atom is 0.303 e. The van der Waals surface area contributed by atoms with Gasteiger partial charge in [0.05, 0.1) is 80.5 Å². The number of carboxylic acids is 6. The summed E-state index contributed by atoms with van der Waals surface area (Å²) in [6.45, 7) is 39.2. The number of hydrogen-bond donors (Lipinski definition) is 14. The fraction of sp³-hybridized carbons (Fsp3) is 0.280. The molecule has 0 radical (unpaired) electrons. The van der Waals surface area contributed by atoms with Crippen molar-refractivity contribution in [2.24, 2.45) is 0 Å². The number of hydrogen-bond acceptors (Lipinski definition) is 14. The summed E-state index contributed by atoms with van der Waals surface area (Å²) >= 11 is 0. The smallest absolute Gasteiger partial charge is 0.303 e. The predicted octanol–water partition coefficient (Wildman–Crippen LogP) is 20.6. The number of aliphatic hydroxyl groups excluding tert-OH is 2. The Labute approximate surface area is 727 Å². The van der Waals surface area contributed by atoms with Crippen LogP contribution in [0.4, 0.5) is 0 Å². The van der Waals surface area contributed by atoms with Gasteiger partial charge in [-0.3, -0.25) is 28.8 Å². The van der Waals surface area contributed by atoms with E-state index < -0.39 is 48.0 Å². The number of aliphatic carboxylic acids is 6. The number of aromatic nitrogens is 12. The maximum atomic E-state index is 11.6. The van der Waals surface area contributed by atoms with Crippen LogP contribution in [0.2, 0.25) is 0 Å². The first-order valence-corrected chi connectivity index (χ1v) is 41.8. The van der Waals surface area contributed by atoms with Crippen molar-refractivity contribution in [2.45, 2.75) is 186 Å². The minimum atomic E-state index is -0.914. The van der Waals surface area contributed by atoms with Crippen LogP contribution in [-0.2, 0) is 48.0 Å². The summed E-state index contributed by atoms with van der Waals surface area (Å²) in [5.41, 5.74) is 38.4. The van der Waals surface area contributed by atoms with E-state index in [-0.39, 0.29) is 51.4 Å². The zero-order valence-corrected chi connectivity index (χ0v) is 73.2. The minimum Gasteiger partial charge on any atom is -0.481 e. The van der Waals surface area contributed by atoms with Crippen LogP contribution in [0.15, 0.2) is 98.6 Å². The number of aromatic amines is 6. The maximum absolute atomic E-state index is 11.6. The normalized spacial score (nSPS) is 13.6. The van der Waals surface area contributed by atoms with Crippen molar-refractivity contribution in [3.05, 3.63) is 234 Å². The number of nitrogens with one attached hydrogen (secondary N) is 6. The largest absolute Gasteiger partial charge is 0.481 e. The molecule has 2 atom stereocenters. The number of carboxylic acid groups (broad SMARTS) is 6. The topological polar surface area (TPSA) is 436 Å². The number of H-pyrrole nitrogens is 6. The lowest BCUT2D eigenvalue weighted by Crippen LogP contribution is -2.02. The third-order valence-electron chi connectivity index (χ3n) is 24.5. The molecule has 0 aromatic carbocycles. The highest BCUT2D eigenvalue weighted by molar-refractivity contribution is 6.01. The number of aryl methyl sites for hydroxylation is 9. The van der Waals surface area contributed by atoms with Crippen LogP contribution in [0.1, 0.15) is 254 Å². The molecule has 14 N–H and O–H groups in total. The van der Waals surface area contributed by atoms with Gasteiger partial charge in [-0.2, -0.15) is 0 Å². The van der Waals surface area contributed by atoms with Crippen molar-refractivity contribution < 1.29 is 69.6 Å². The molecule has 15 rings (SSSR count). The Morgan fingerprint density at radius 1 is 0.325 bits per heavy atom. The Hall–Kier alpha value is -14.2. The van der Waals surface area contributed by atoms with Gasteiger partial charge in [0.1, 0.15) is 0 Å². The molecule has 648 valence electrons. The molecule has 0 saturated carbocycles. The molecular formula is C100H104N12O14. The number of allylic oxidation sites excluding steroid dienone is 11. The summed E-state index contributed by atoms with van der Waals surface area (Å²) in [5.74, 6) is -5.34. The van der Waals surface area contributed by atoms with Gasteiger partial charge in [-0.05, 0) is 315 Å². The monoisotopic (exact) mass is 1700 g/mol. The Bertz CT molecular complexity index is 6960. The standard InChI is InChI=1S/C34H38N4O6.C34H34N4O4.C32H32N4O4/c1-15-21(7-9-31(41)42)27-14-28-22(8-10-32(43)44)16(2)24(36-28)12-29-34(20(6)40)18(4)26(38-29)13-30-33(19(5)39)17(3)25(37-30)11-23(15)35-27;1-7-21-17(3)25-13-26-19(5)23(9-11-33(39)40)31(37-26)16-32-24(10-12-34(41)42)20(6)28(38-32)15-30-22(8-2)18(4)27(36-30)14-29(21)35-25;1-6-21-27-12-16(2)24(34-27)14-26-19(5)23(8-10-31(39)40)29(36-26)15-28-22(7-9-30(37)38)18(4)25(35-28)13-20-11-17(3)32(21)33-20/h11-14,19-20,36-37,39-40H,7-10H2,1-6H3,(H,41,42)(H,43,44);7-8,13-16,35,38H,1-2,9-12H2,3-6H3,(H,39,40)(H,41,42);6,11-15,34-35H,1,7-10H2,2-5H3,(H,37,38)(H,39,40). The van der Waals surface area contributed by atoms with Crippen molar-refractivity contribution in [3.8, 4) is 0 Å². The number of fused-ring (bicyclic) bond motifs is 24. The molecule has 6 aliphatic heterocycles. The van der Waals surface area contributed by atoms with Crippen LogP contribution in [0, 0.1) is 41.5 Å². The lowest BCUT2D eigenvalue weighted by atomic mass is 9.99. The van der Waals surface area contributed by atoms with Gasteiger partial charge in [0, 0.05) is 133 Å². The first-order chi connectivity index (χ1) is 59.8. The highest BCUT2D eigenvalue weighted by atomic mass is 16.4. The van der Waals surface area contributed by atoms with Crippen molar-refractivity contribution in [3.63, 3.8) is 0 Å². The molecule has 9 aromatic rings. The zero-order valence-electron chi connectivity index (χ0n) is 73.2. The Morgan fingerprint density at radius 2 is 0.651 bits per heavy atom. The molecule has 24 bridgehead atoms. The summed E-state index contributed by atoms with van der Waals surface area (Å²) in [7, 11) is 0. The molecule has 9 aromatic heterocycles. The number of nitrogens with zero attached hydrogens (tertiary/aromatic N) is 6. The first kappa shape index (κ1) is 89.5. The Kier molecular flexibility index (Phi) is 26.1. The summed E-state index contributed by atoms with van der Waals surface area (Å²) in [6, 6.07) is 23.3. The second-order valence-electron chi connectivity index (χ2n) is 32.8. The molecule has 0 fully saturated rings. The summed E-state index contributed by atoms with van der Waals surface area (Å²) in [4.78, 5) is 120. The molecule has 0 spiro atoms.